The maximum absolute atomic E-state index is 5.46. The summed E-state index contributed by atoms with van der Waals surface area (Å²) in [5.74, 6) is 2.15. The normalized spacial score (nSPS) is 29.6. The van der Waals surface area contributed by atoms with Crippen LogP contribution in [0.2, 0.25) is 0 Å². The molecule has 2 saturated heterocycles. The van der Waals surface area contributed by atoms with Gasteiger partial charge in [0.2, 0.25) is 5.89 Å². The Balaban J connectivity index is 1.59. The average molecular weight is 237 g/mol. The molecule has 1 N–H and O–H groups in total. The van der Waals surface area contributed by atoms with E-state index in [1.165, 1.54) is 12.8 Å². The van der Waals surface area contributed by atoms with Crippen LogP contribution in [0, 0.1) is 5.92 Å². The molecule has 1 aromatic rings. The number of hydrogen-bond acceptors (Lipinski definition) is 5. The lowest BCUT2D eigenvalue weighted by Gasteiger charge is -2.20. The van der Waals surface area contributed by atoms with E-state index in [1.807, 2.05) is 0 Å². The van der Waals surface area contributed by atoms with Crippen molar-refractivity contribution < 1.29 is 9.26 Å². The van der Waals surface area contributed by atoms with Gasteiger partial charge >= 0.3 is 0 Å². The molecule has 2 aliphatic rings. The molecule has 0 bridgehead atoms. The first-order chi connectivity index (χ1) is 8.42. The summed E-state index contributed by atoms with van der Waals surface area (Å²) in [6.45, 7) is 2.79. The van der Waals surface area contributed by atoms with E-state index in [0.717, 1.165) is 50.7 Å². The summed E-state index contributed by atoms with van der Waals surface area (Å²) in [7, 11) is 0. The standard InChI is InChI=1S/C12H19N3O2/c1-4-10(13-5-1)12-14-11(17-15-12)7-9-3-2-6-16-8-9/h9-10,13H,1-8H2. The molecule has 0 amide bonds. The second-order valence-electron chi connectivity index (χ2n) is 4.98. The van der Waals surface area contributed by atoms with E-state index >= 15 is 0 Å². The Labute approximate surface area is 101 Å². The Morgan fingerprint density at radius 3 is 3.06 bits per heavy atom. The van der Waals surface area contributed by atoms with Crippen LogP contribution in [0.5, 0.6) is 0 Å². The van der Waals surface area contributed by atoms with Crippen molar-refractivity contribution >= 4 is 0 Å². The third-order valence-corrected chi connectivity index (χ3v) is 3.57. The van der Waals surface area contributed by atoms with Crippen LogP contribution in [0.15, 0.2) is 4.52 Å². The van der Waals surface area contributed by atoms with Crippen molar-refractivity contribution in [3.8, 4) is 0 Å². The van der Waals surface area contributed by atoms with Gasteiger partial charge in [-0.3, -0.25) is 0 Å². The Morgan fingerprint density at radius 1 is 1.29 bits per heavy atom. The van der Waals surface area contributed by atoms with E-state index in [1.54, 1.807) is 0 Å². The zero-order valence-electron chi connectivity index (χ0n) is 10.0. The molecule has 2 fully saturated rings. The van der Waals surface area contributed by atoms with Gasteiger partial charge in [-0.2, -0.15) is 4.98 Å². The van der Waals surface area contributed by atoms with Crippen LogP contribution in [-0.4, -0.2) is 29.9 Å². The predicted octanol–water partition coefficient (Wildman–Crippen LogP) is 1.46. The fourth-order valence-electron chi connectivity index (χ4n) is 2.61. The minimum atomic E-state index is 0.301. The monoisotopic (exact) mass is 237 g/mol. The van der Waals surface area contributed by atoms with Crippen LogP contribution in [0.4, 0.5) is 0 Å². The lowest BCUT2D eigenvalue weighted by molar-refractivity contribution is 0.0520. The first-order valence-electron chi connectivity index (χ1n) is 6.55. The highest BCUT2D eigenvalue weighted by Gasteiger charge is 2.23. The Morgan fingerprint density at radius 2 is 2.29 bits per heavy atom. The van der Waals surface area contributed by atoms with Crippen molar-refractivity contribution in [2.75, 3.05) is 19.8 Å². The van der Waals surface area contributed by atoms with E-state index in [2.05, 4.69) is 15.5 Å². The molecule has 1 aromatic heterocycles. The third-order valence-electron chi connectivity index (χ3n) is 3.57. The molecule has 5 heteroatoms. The lowest BCUT2D eigenvalue weighted by Crippen LogP contribution is -2.19. The van der Waals surface area contributed by atoms with Crippen LogP contribution in [-0.2, 0) is 11.2 Å². The van der Waals surface area contributed by atoms with Crippen molar-refractivity contribution in [3.63, 3.8) is 0 Å². The van der Waals surface area contributed by atoms with Crippen LogP contribution in [0.1, 0.15) is 43.4 Å². The number of hydrogen-bond donors (Lipinski definition) is 1. The molecule has 3 rings (SSSR count). The van der Waals surface area contributed by atoms with Crippen molar-refractivity contribution in [3.05, 3.63) is 11.7 Å². The van der Waals surface area contributed by atoms with Crippen molar-refractivity contribution in [1.29, 1.82) is 0 Å². The molecule has 0 radical (unpaired) electrons. The highest BCUT2D eigenvalue weighted by atomic mass is 16.5. The second kappa shape index (κ2) is 5.14. The van der Waals surface area contributed by atoms with Crippen molar-refractivity contribution in [1.82, 2.24) is 15.5 Å². The number of aromatic nitrogens is 2. The summed E-state index contributed by atoms with van der Waals surface area (Å²) >= 11 is 0. The van der Waals surface area contributed by atoms with Crippen LogP contribution >= 0.6 is 0 Å². The van der Waals surface area contributed by atoms with Crippen LogP contribution in [0.3, 0.4) is 0 Å². The maximum atomic E-state index is 5.46. The molecule has 0 aromatic carbocycles. The zero-order valence-corrected chi connectivity index (χ0v) is 10.0. The van der Waals surface area contributed by atoms with Crippen LogP contribution < -0.4 is 5.32 Å². The summed E-state index contributed by atoms with van der Waals surface area (Å²) in [5.41, 5.74) is 0. The van der Waals surface area contributed by atoms with Gasteiger partial charge in [0.05, 0.1) is 6.04 Å². The van der Waals surface area contributed by atoms with Gasteiger partial charge in [-0.05, 0) is 38.1 Å². The van der Waals surface area contributed by atoms with E-state index in [9.17, 15) is 0 Å². The summed E-state index contributed by atoms with van der Waals surface area (Å²) in [4.78, 5) is 4.49. The topological polar surface area (TPSA) is 60.2 Å². The minimum Gasteiger partial charge on any atom is -0.381 e. The third kappa shape index (κ3) is 2.66. The molecule has 17 heavy (non-hydrogen) atoms. The largest absolute Gasteiger partial charge is 0.381 e. The van der Waals surface area contributed by atoms with Gasteiger partial charge in [-0.1, -0.05) is 5.16 Å². The first kappa shape index (κ1) is 11.2. The molecule has 5 nitrogen and oxygen atoms in total. The zero-order chi connectivity index (χ0) is 11.5. The van der Waals surface area contributed by atoms with E-state index in [4.69, 9.17) is 9.26 Å². The number of nitrogens with one attached hydrogen (secondary N) is 1. The highest BCUT2D eigenvalue weighted by Crippen LogP contribution is 2.22. The molecule has 2 aliphatic heterocycles. The summed E-state index contributed by atoms with van der Waals surface area (Å²) in [5, 5.41) is 7.45. The average Bonchev–Trinajstić information content (AvgIpc) is 3.00. The molecule has 2 unspecified atom stereocenters. The van der Waals surface area contributed by atoms with Gasteiger partial charge < -0.3 is 14.6 Å². The molecule has 2 atom stereocenters. The first-order valence-corrected chi connectivity index (χ1v) is 6.55. The Bertz CT molecular complexity index is 354. The number of nitrogens with zero attached hydrogens (tertiary/aromatic N) is 2. The van der Waals surface area contributed by atoms with Gasteiger partial charge in [0, 0.05) is 19.6 Å². The highest BCUT2D eigenvalue weighted by molar-refractivity contribution is 4.97. The quantitative estimate of drug-likeness (QED) is 0.862. The van der Waals surface area contributed by atoms with Gasteiger partial charge in [-0.15, -0.1) is 0 Å². The number of ether oxygens (including phenoxy) is 1. The maximum Gasteiger partial charge on any atom is 0.227 e. The fraction of sp³-hybridized carbons (Fsp3) is 0.833. The van der Waals surface area contributed by atoms with E-state index < -0.39 is 0 Å². The second-order valence-corrected chi connectivity index (χ2v) is 4.98. The SMILES string of the molecule is C1COCC(Cc2nc(C3CCCN3)no2)C1. The van der Waals surface area contributed by atoms with Gasteiger partial charge in [0.1, 0.15) is 0 Å². The number of rotatable bonds is 3. The Hall–Kier alpha value is -0.940. The molecule has 0 aliphatic carbocycles. The molecule has 0 spiro atoms. The minimum absolute atomic E-state index is 0.301. The molecule has 94 valence electrons. The van der Waals surface area contributed by atoms with Crippen molar-refractivity contribution in [2.45, 2.75) is 38.1 Å². The molecular weight excluding hydrogens is 218 g/mol. The summed E-state index contributed by atoms with van der Waals surface area (Å²) in [6, 6.07) is 0.301. The smallest absolute Gasteiger partial charge is 0.227 e. The van der Waals surface area contributed by atoms with Gasteiger partial charge in [-0.25, -0.2) is 0 Å². The summed E-state index contributed by atoms with van der Waals surface area (Å²) < 4.78 is 10.8. The van der Waals surface area contributed by atoms with Gasteiger partial charge in [0.15, 0.2) is 5.82 Å². The van der Waals surface area contributed by atoms with Gasteiger partial charge in [0.25, 0.3) is 0 Å². The summed E-state index contributed by atoms with van der Waals surface area (Å²) in [6.07, 6.45) is 5.53. The molecule has 3 heterocycles. The van der Waals surface area contributed by atoms with E-state index in [-0.39, 0.29) is 0 Å². The molecular formula is C12H19N3O2. The predicted molar refractivity (Wildman–Crippen MR) is 61.5 cm³/mol. The lowest BCUT2D eigenvalue weighted by atomic mass is 9.99. The molecule has 0 saturated carbocycles. The Kier molecular flexibility index (Phi) is 3.38. The van der Waals surface area contributed by atoms with Crippen LogP contribution in [0.25, 0.3) is 0 Å². The van der Waals surface area contributed by atoms with E-state index in [0.29, 0.717) is 12.0 Å². The fourth-order valence-corrected chi connectivity index (χ4v) is 2.61. The van der Waals surface area contributed by atoms with Crippen molar-refractivity contribution in [2.24, 2.45) is 5.92 Å².